The molecule has 0 rings (SSSR count). The Kier molecular flexibility index (Phi) is 14.0. The van der Waals surface area contributed by atoms with E-state index in [1.807, 2.05) is 0 Å². The molecule has 0 aromatic heterocycles. The van der Waals surface area contributed by atoms with Gasteiger partial charge < -0.3 is 4.90 Å². The molecule has 0 aliphatic rings. The maximum atomic E-state index is 4.43. The van der Waals surface area contributed by atoms with Crippen LogP contribution >= 0.6 is 12.6 Å². The second-order valence-electron chi connectivity index (χ2n) is 5.53. The molecule has 1 atom stereocenters. The van der Waals surface area contributed by atoms with Crippen molar-refractivity contribution in [2.75, 3.05) is 25.4 Å². The van der Waals surface area contributed by atoms with Crippen LogP contribution in [0.2, 0.25) is 0 Å². The minimum absolute atomic E-state index is 0.871. The van der Waals surface area contributed by atoms with E-state index in [0.29, 0.717) is 0 Å². The smallest absolute Gasteiger partial charge is 0.000995 e. The number of hydrogen-bond donors (Lipinski definition) is 1. The van der Waals surface area contributed by atoms with E-state index >= 15 is 0 Å². The van der Waals surface area contributed by atoms with Crippen molar-refractivity contribution in [2.24, 2.45) is 5.92 Å². The number of nitrogens with zero attached hydrogens (tertiary/aromatic N) is 1. The van der Waals surface area contributed by atoms with Gasteiger partial charge >= 0.3 is 0 Å². The third kappa shape index (κ3) is 10.3. The van der Waals surface area contributed by atoms with E-state index in [1.165, 1.54) is 71.0 Å². The summed E-state index contributed by atoms with van der Waals surface area (Å²) in [6, 6.07) is 0. The van der Waals surface area contributed by atoms with Gasteiger partial charge in [-0.3, -0.25) is 0 Å². The zero-order valence-electron chi connectivity index (χ0n) is 13.0. The van der Waals surface area contributed by atoms with Gasteiger partial charge in [0.1, 0.15) is 0 Å². The van der Waals surface area contributed by atoms with E-state index in [0.717, 1.165) is 11.7 Å². The summed E-state index contributed by atoms with van der Waals surface area (Å²) in [7, 11) is 0. The molecule has 0 amide bonds. The summed E-state index contributed by atoms with van der Waals surface area (Å²) in [4.78, 5) is 2.71. The SMILES string of the molecule is CCCCC(CCS)CN(CCCC)CCCC. The summed E-state index contributed by atoms with van der Waals surface area (Å²) < 4.78 is 0. The summed E-state index contributed by atoms with van der Waals surface area (Å²) in [5.41, 5.74) is 0. The minimum atomic E-state index is 0.871. The Hall–Kier alpha value is 0.310. The molecule has 0 aliphatic carbocycles. The first-order valence-electron chi connectivity index (χ1n) is 8.11. The maximum absolute atomic E-state index is 4.43. The fourth-order valence-electron chi connectivity index (χ4n) is 2.43. The van der Waals surface area contributed by atoms with Crippen LogP contribution in [0.4, 0.5) is 0 Å². The third-order valence-electron chi connectivity index (χ3n) is 3.68. The van der Waals surface area contributed by atoms with E-state index in [2.05, 4.69) is 38.3 Å². The molecule has 18 heavy (non-hydrogen) atoms. The van der Waals surface area contributed by atoms with Crippen LogP contribution in [0.5, 0.6) is 0 Å². The lowest BCUT2D eigenvalue weighted by Gasteiger charge is -2.27. The first kappa shape index (κ1) is 18.3. The Balaban J connectivity index is 4.09. The monoisotopic (exact) mass is 273 g/mol. The minimum Gasteiger partial charge on any atom is -0.303 e. The van der Waals surface area contributed by atoms with Crippen molar-refractivity contribution >= 4 is 12.6 Å². The number of rotatable bonds is 13. The Morgan fingerprint density at radius 1 is 0.833 bits per heavy atom. The molecule has 0 aromatic rings. The highest BCUT2D eigenvalue weighted by Crippen LogP contribution is 2.16. The van der Waals surface area contributed by atoms with Crippen LogP contribution in [-0.4, -0.2) is 30.3 Å². The van der Waals surface area contributed by atoms with Crippen molar-refractivity contribution < 1.29 is 0 Å². The van der Waals surface area contributed by atoms with Gasteiger partial charge in [-0.2, -0.15) is 12.6 Å². The first-order valence-corrected chi connectivity index (χ1v) is 8.74. The molecule has 110 valence electrons. The van der Waals surface area contributed by atoms with E-state index in [1.54, 1.807) is 0 Å². The largest absolute Gasteiger partial charge is 0.303 e. The lowest BCUT2D eigenvalue weighted by Crippen LogP contribution is -2.31. The summed E-state index contributed by atoms with van der Waals surface area (Å²) in [6.45, 7) is 10.8. The van der Waals surface area contributed by atoms with Crippen LogP contribution in [0.3, 0.4) is 0 Å². The summed E-state index contributed by atoms with van der Waals surface area (Å²) in [6.07, 6.45) is 10.7. The second kappa shape index (κ2) is 13.7. The van der Waals surface area contributed by atoms with Crippen LogP contribution in [-0.2, 0) is 0 Å². The molecular weight excluding hydrogens is 238 g/mol. The molecule has 0 saturated carbocycles. The fourth-order valence-corrected chi connectivity index (χ4v) is 2.79. The van der Waals surface area contributed by atoms with Crippen molar-refractivity contribution in [3.8, 4) is 0 Å². The van der Waals surface area contributed by atoms with E-state index in [-0.39, 0.29) is 0 Å². The van der Waals surface area contributed by atoms with Crippen LogP contribution in [0.1, 0.15) is 72.1 Å². The van der Waals surface area contributed by atoms with Gasteiger partial charge in [0.15, 0.2) is 0 Å². The maximum Gasteiger partial charge on any atom is 0.000995 e. The Labute approximate surface area is 121 Å². The van der Waals surface area contributed by atoms with Gasteiger partial charge in [0, 0.05) is 6.54 Å². The van der Waals surface area contributed by atoms with Gasteiger partial charge in [-0.15, -0.1) is 0 Å². The van der Waals surface area contributed by atoms with Crippen molar-refractivity contribution in [3.63, 3.8) is 0 Å². The molecule has 0 radical (unpaired) electrons. The van der Waals surface area contributed by atoms with Gasteiger partial charge in [-0.25, -0.2) is 0 Å². The Morgan fingerprint density at radius 3 is 1.83 bits per heavy atom. The van der Waals surface area contributed by atoms with Gasteiger partial charge in [-0.1, -0.05) is 46.5 Å². The highest BCUT2D eigenvalue weighted by Gasteiger charge is 2.12. The number of hydrogen-bond acceptors (Lipinski definition) is 2. The van der Waals surface area contributed by atoms with Crippen molar-refractivity contribution in [3.05, 3.63) is 0 Å². The first-order chi connectivity index (χ1) is 8.78. The molecular formula is C16H35NS. The molecule has 1 nitrogen and oxygen atoms in total. The van der Waals surface area contributed by atoms with Crippen molar-refractivity contribution in [2.45, 2.75) is 72.1 Å². The highest BCUT2D eigenvalue weighted by atomic mass is 32.1. The van der Waals surface area contributed by atoms with Gasteiger partial charge in [0.2, 0.25) is 0 Å². The molecule has 2 heteroatoms. The number of unbranched alkanes of at least 4 members (excludes halogenated alkanes) is 3. The van der Waals surface area contributed by atoms with Crippen molar-refractivity contribution in [1.82, 2.24) is 4.90 Å². The topological polar surface area (TPSA) is 3.24 Å². The van der Waals surface area contributed by atoms with Crippen LogP contribution in [0.25, 0.3) is 0 Å². The Bertz CT molecular complexity index is 153. The normalized spacial score (nSPS) is 13.2. The molecule has 0 aromatic carbocycles. The molecule has 0 heterocycles. The molecule has 0 N–H and O–H groups in total. The standard InChI is InChI=1S/C16H35NS/c1-4-7-10-16(11-14-18)15-17(12-8-5-2)13-9-6-3/h16,18H,4-15H2,1-3H3. The van der Waals surface area contributed by atoms with Crippen LogP contribution in [0, 0.1) is 5.92 Å². The Morgan fingerprint density at radius 2 is 1.39 bits per heavy atom. The van der Waals surface area contributed by atoms with E-state index in [9.17, 15) is 0 Å². The molecule has 0 spiro atoms. The average molecular weight is 274 g/mol. The van der Waals surface area contributed by atoms with Gasteiger partial charge in [0.05, 0.1) is 0 Å². The lowest BCUT2D eigenvalue weighted by atomic mass is 9.98. The van der Waals surface area contributed by atoms with Gasteiger partial charge in [-0.05, 0) is 50.4 Å². The average Bonchev–Trinajstić information content (AvgIpc) is 2.39. The van der Waals surface area contributed by atoms with Crippen molar-refractivity contribution in [1.29, 1.82) is 0 Å². The highest BCUT2D eigenvalue weighted by molar-refractivity contribution is 7.80. The third-order valence-corrected chi connectivity index (χ3v) is 3.93. The van der Waals surface area contributed by atoms with E-state index in [4.69, 9.17) is 0 Å². The second-order valence-corrected chi connectivity index (χ2v) is 5.98. The molecule has 0 saturated heterocycles. The predicted molar refractivity (Wildman–Crippen MR) is 87.7 cm³/mol. The predicted octanol–water partition coefficient (Wildman–Crippen LogP) is 5.01. The van der Waals surface area contributed by atoms with E-state index < -0.39 is 0 Å². The molecule has 0 bridgehead atoms. The summed E-state index contributed by atoms with van der Waals surface area (Å²) >= 11 is 4.43. The van der Waals surface area contributed by atoms with Crippen LogP contribution in [0.15, 0.2) is 0 Å². The molecule has 0 aliphatic heterocycles. The number of thiol groups is 1. The molecule has 1 unspecified atom stereocenters. The molecule has 0 fully saturated rings. The zero-order valence-corrected chi connectivity index (χ0v) is 13.9. The fraction of sp³-hybridized carbons (Fsp3) is 1.00. The van der Waals surface area contributed by atoms with Gasteiger partial charge in [0.25, 0.3) is 0 Å². The quantitative estimate of drug-likeness (QED) is 0.461. The summed E-state index contributed by atoms with van der Waals surface area (Å²) in [5.74, 6) is 1.92. The summed E-state index contributed by atoms with van der Waals surface area (Å²) in [5, 5.41) is 0. The van der Waals surface area contributed by atoms with Crippen LogP contribution < -0.4 is 0 Å². The lowest BCUT2D eigenvalue weighted by molar-refractivity contribution is 0.214. The zero-order chi connectivity index (χ0) is 13.6.